The Hall–Kier alpha value is -3.86. The molecule has 0 saturated carbocycles. The number of hydrogen-bond acceptors (Lipinski definition) is 3. The van der Waals surface area contributed by atoms with Crippen molar-refractivity contribution in [1.29, 1.82) is 0 Å². The van der Waals surface area contributed by atoms with E-state index in [1.54, 1.807) is 0 Å². The van der Waals surface area contributed by atoms with E-state index in [1.165, 1.54) is 28.6 Å². The van der Waals surface area contributed by atoms with Gasteiger partial charge in [0, 0.05) is 76.1 Å². The molecule has 1 radical (unpaired) electrons. The topological polar surface area (TPSA) is 54.6 Å². The zero-order chi connectivity index (χ0) is 31.1. The zero-order valence-electron chi connectivity index (χ0n) is 26.4. The number of hydrogen-bond donors (Lipinski definition) is 1. The van der Waals surface area contributed by atoms with Gasteiger partial charge in [-0.2, -0.15) is 0 Å². The number of fused-ring (bicyclic) bond motifs is 7. The van der Waals surface area contributed by atoms with Gasteiger partial charge in [-0.05, 0) is 37.3 Å². The minimum absolute atomic E-state index is 0. The van der Waals surface area contributed by atoms with Crippen molar-refractivity contribution in [2.24, 2.45) is 11.8 Å². The number of aromatic nitrogens is 2. The molecule has 4 aromatic carbocycles. The Morgan fingerprint density at radius 1 is 0.867 bits per heavy atom. The quantitative estimate of drug-likeness (QED) is 0.0577. The Labute approximate surface area is 276 Å². The number of carbonyl (C=O) groups excluding carboxylic acids is 1. The van der Waals surface area contributed by atoms with Crippen LogP contribution in [0.3, 0.4) is 0 Å². The van der Waals surface area contributed by atoms with Crippen LogP contribution in [0, 0.1) is 30.6 Å². The molecule has 0 bridgehead atoms. The van der Waals surface area contributed by atoms with Crippen molar-refractivity contribution in [1.82, 2.24) is 9.38 Å². The first-order valence-electron chi connectivity index (χ1n) is 15.7. The number of carbonyl (C=O) groups is 1. The van der Waals surface area contributed by atoms with Crippen LogP contribution in [-0.2, 0) is 24.9 Å². The van der Waals surface area contributed by atoms with Gasteiger partial charge >= 0.3 is 0 Å². The first-order chi connectivity index (χ1) is 21.3. The minimum atomic E-state index is -0.289. The molecule has 0 saturated heterocycles. The molecule has 3 aromatic heterocycles. The molecule has 7 aromatic rings. The number of ketones is 1. The summed E-state index contributed by atoms with van der Waals surface area (Å²) in [6.45, 7) is 10.2. The summed E-state index contributed by atoms with van der Waals surface area (Å²) < 4.78 is 17.0. The Balaban J connectivity index is 0.000000217. The number of benzene rings is 4. The van der Waals surface area contributed by atoms with Gasteiger partial charge in [0.05, 0.1) is 12.0 Å². The number of nitrogens with zero attached hydrogens (tertiary/aromatic N) is 2. The van der Waals surface area contributed by atoms with E-state index in [-0.39, 0.29) is 49.3 Å². The third-order valence-corrected chi connectivity index (χ3v) is 9.36. The maximum absolute atomic E-state index is 14.7. The molecule has 4 nitrogen and oxygen atoms in total. The van der Waals surface area contributed by atoms with Crippen molar-refractivity contribution in [3.05, 3.63) is 96.1 Å². The Bertz CT molecular complexity index is 2190. The third kappa shape index (κ3) is 5.38. The molecule has 0 amide bonds. The smallest absolute Gasteiger partial charge is 0.162 e. The van der Waals surface area contributed by atoms with E-state index in [0.29, 0.717) is 5.39 Å². The molecule has 1 N–H and O–H groups in total. The summed E-state index contributed by atoms with van der Waals surface area (Å²) in [5.74, 6) is 0.259. The molecule has 0 aliphatic rings. The van der Waals surface area contributed by atoms with E-state index in [2.05, 4.69) is 64.8 Å². The van der Waals surface area contributed by atoms with Crippen LogP contribution in [0.1, 0.15) is 58.9 Å². The summed E-state index contributed by atoms with van der Waals surface area (Å²) >= 11 is 0. The molecule has 0 atom stereocenters. The maximum atomic E-state index is 14.7. The van der Waals surface area contributed by atoms with Crippen LogP contribution in [0.5, 0.6) is 0 Å². The number of aliphatic hydroxyl groups excluding tert-OH is 1. The second kappa shape index (κ2) is 13.2. The average Bonchev–Trinajstić information content (AvgIpc) is 3.38. The first kappa shape index (κ1) is 32.5. The monoisotopic (exact) mass is 778 g/mol. The molecule has 0 unspecified atom stereocenters. The fourth-order valence-electron chi connectivity index (χ4n) is 6.83. The van der Waals surface area contributed by atoms with Crippen LogP contribution < -0.4 is 0 Å². The Morgan fingerprint density at radius 3 is 2.18 bits per heavy atom. The predicted octanol–water partition coefficient (Wildman–Crippen LogP) is 10.7. The third-order valence-electron chi connectivity index (χ3n) is 9.36. The number of para-hydroxylation sites is 1. The molecule has 6 heteroatoms. The first-order valence-corrected chi connectivity index (χ1v) is 15.7. The number of rotatable bonds is 7. The second-order valence-corrected chi connectivity index (χ2v) is 11.7. The fourth-order valence-corrected chi connectivity index (χ4v) is 6.83. The predicted molar refractivity (Wildman–Crippen MR) is 181 cm³/mol. The number of allylic oxidation sites excluding steroid dienone is 2. The Morgan fingerprint density at radius 2 is 1.49 bits per heavy atom. The summed E-state index contributed by atoms with van der Waals surface area (Å²) in [6.07, 6.45) is 6.24. The van der Waals surface area contributed by atoms with Gasteiger partial charge in [0.25, 0.3) is 0 Å². The van der Waals surface area contributed by atoms with Crippen LogP contribution >= 0.6 is 0 Å². The number of aliphatic hydroxyl groups is 1. The van der Waals surface area contributed by atoms with Crippen molar-refractivity contribution < 1.29 is 34.4 Å². The number of halogens is 1. The molecule has 45 heavy (non-hydrogen) atoms. The molecular weight excluding hydrogens is 740 g/mol. The van der Waals surface area contributed by atoms with Crippen molar-refractivity contribution in [2.45, 2.75) is 60.3 Å². The van der Waals surface area contributed by atoms with Crippen LogP contribution in [-0.4, -0.2) is 20.3 Å². The molecule has 0 spiro atoms. The number of aryl methyl sites for hydroxylation is 1. The van der Waals surface area contributed by atoms with Gasteiger partial charge in [-0.1, -0.05) is 99.5 Å². The molecule has 7 rings (SSSR count). The largest absolute Gasteiger partial charge is 0.512 e. The van der Waals surface area contributed by atoms with Crippen LogP contribution in [0.25, 0.3) is 59.8 Å². The summed E-state index contributed by atoms with van der Waals surface area (Å²) in [4.78, 5) is 16.3. The van der Waals surface area contributed by atoms with Gasteiger partial charge in [0.2, 0.25) is 0 Å². The maximum Gasteiger partial charge on any atom is 0.162 e. The molecule has 3 heterocycles. The molecule has 233 valence electrons. The summed E-state index contributed by atoms with van der Waals surface area (Å²) in [5.41, 5.74) is 5.24. The molecule has 0 aliphatic heterocycles. The molecule has 0 aliphatic carbocycles. The van der Waals surface area contributed by atoms with Crippen molar-refractivity contribution in [3.63, 3.8) is 0 Å². The molecule has 0 fully saturated rings. The second-order valence-electron chi connectivity index (χ2n) is 11.7. The van der Waals surface area contributed by atoms with Crippen molar-refractivity contribution >= 4 is 65.6 Å². The minimum Gasteiger partial charge on any atom is -0.512 e. The summed E-state index contributed by atoms with van der Waals surface area (Å²) in [7, 11) is 0. The fraction of sp³-hybridized carbons (Fsp3) is 0.282. The van der Waals surface area contributed by atoms with Crippen LogP contribution in [0.4, 0.5) is 4.39 Å². The van der Waals surface area contributed by atoms with Crippen molar-refractivity contribution in [3.8, 4) is 0 Å². The standard InChI is InChI=1S/C26H14FN2.C13H24O2.Ir/c1-14-16-7-3-2-6-15(16)12-20-24-23-19(21(27)13-28-24)11-10-18-17-8-4-5-9-22(17)29(25(14)20)26(18)23;1-5-10(6-2)12(14)9-13(15)11(7-3)8-4;/h2-11,13H,1H3;9-11,14H,5-8H2,1-4H3;/q-1;;/b;12-9-;. The zero-order valence-corrected chi connectivity index (χ0v) is 28.8. The number of pyridine rings is 2. The van der Waals surface area contributed by atoms with Crippen LogP contribution in [0.2, 0.25) is 0 Å². The molecular formula is C39H38FIrN2O2-. The van der Waals surface area contributed by atoms with Crippen molar-refractivity contribution in [2.75, 3.05) is 0 Å². The van der Waals surface area contributed by atoms with Gasteiger partial charge in [-0.15, -0.1) is 17.5 Å². The van der Waals surface area contributed by atoms with E-state index in [4.69, 9.17) is 0 Å². The normalized spacial score (nSPS) is 12.2. The van der Waals surface area contributed by atoms with Gasteiger partial charge in [0.15, 0.2) is 5.78 Å². The Kier molecular flexibility index (Phi) is 9.57. The van der Waals surface area contributed by atoms with E-state index in [0.717, 1.165) is 69.3 Å². The van der Waals surface area contributed by atoms with E-state index in [9.17, 15) is 14.3 Å². The van der Waals surface area contributed by atoms with Crippen LogP contribution in [0.15, 0.2) is 78.7 Å². The summed E-state index contributed by atoms with van der Waals surface area (Å²) in [6, 6.07) is 24.2. The van der Waals surface area contributed by atoms with Gasteiger partial charge in [0.1, 0.15) is 5.82 Å². The van der Waals surface area contributed by atoms with Gasteiger partial charge < -0.3 is 9.51 Å². The van der Waals surface area contributed by atoms with Gasteiger partial charge in [-0.25, -0.2) is 4.39 Å². The average molecular weight is 778 g/mol. The van der Waals surface area contributed by atoms with E-state index >= 15 is 0 Å². The van der Waals surface area contributed by atoms with Gasteiger partial charge in [-0.3, -0.25) is 9.78 Å². The van der Waals surface area contributed by atoms with E-state index < -0.39 is 0 Å². The summed E-state index contributed by atoms with van der Waals surface area (Å²) in [5, 5.41) is 16.7. The van der Waals surface area contributed by atoms with E-state index in [1.807, 2.05) is 45.9 Å². The SMILES string of the molecule is CCC(CC)C(=O)/C=C(\O)C(CC)CC.Cc1c2ccccc2[c-]c2c3ncc(F)c4ccc5c6ccccc6n(c12)c5c43.[Ir].